The van der Waals surface area contributed by atoms with Gasteiger partial charge in [0.1, 0.15) is 24.0 Å². The number of methoxy groups -OCH3 is 1. The maximum atomic E-state index is 13.5. The molecule has 13 nitrogen and oxygen atoms in total. The van der Waals surface area contributed by atoms with Crippen molar-refractivity contribution in [2.24, 2.45) is 10.8 Å². The zero-order valence-electron chi connectivity index (χ0n) is 35.6. The van der Waals surface area contributed by atoms with Gasteiger partial charge >= 0.3 is 0 Å². The third-order valence-electron chi connectivity index (χ3n) is 14.5. The number of benzene rings is 3. The normalized spacial score (nSPS) is 25.8. The molecule has 9 rings (SSSR count). The maximum Gasteiger partial charge on any atom is 0.262 e. The zero-order chi connectivity index (χ0) is 43.0. The van der Waals surface area contributed by atoms with Crippen molar-refractivity contribution in [3.8, 4) is 11.8 Å². The summed E-state index contributed by atoms with van der Waals surface area (Å²) in [6.45, 7) is 17.1. The molecule has 1 saturated carbocycles. The topological polar surface area (TPSA) is 139 Å². The van der Waals surface area contributed by atoms with Gasteiger partial charge in [0, 0.05) is 107 Å². The molecule has 1 N–H and O–H groups in total. The number of piperidine rings is 2. The maximum absolute atomic E-state index is 13.5. The Morgan fingerprint density at radius 2 is 1.46 bits per heavy atom. The van der Waals surface area contributed by atoms with Crippen LogP contribution in [0.25, 0.3) is 0 Å². The van der Waals surface area contributed by atoms with Gasteiger partial charge in [-0.05, 0) is 72.9 Å². The molecule has 0 spiro atoms. The number of halogens is 1. The van der Waals surface area contributed by atoms with Crippen LogP contribution < -0.4 is 19.9 Å². The average molecular weight is 848 g/mol. The number of imide groups is 2. The summed E-state index contributed by atoms with van der Waals surface area (Å²) in [5, 5.41) is 12.0. The van der Waals surface area contributed by atoms with Crippen LogP contribution in [-0.4, -0.2) is 115 Å². The predicted octanol–water partition coefficient (Wildman–Crippen LogP) is 5.62. The molecule has 6 aliphatic rings. The molecule has 0 bridgehead atoms. The third kappa shape index (κ3) is 7.15. The standard InChI is InChI=1S/C47H54ClN7O6/c1-45(2)43(46(3,4)44(45)61-34-10-7-29(25-49)37(48)24-34)54-26-30-6-8-32(22-31(30)27-54)53-20-18-51(19-21-53)28-47(60-5)14-16-52(17-15-47)33-9-11-35-36(23-33)42(59)55(41(35)58)38-12-13-39(56)50-40(38)57/h6-11,22-24,38,43-44H,12-21,26-28H2,1-5H3,(H,50,56,57). The number of amides is 4. The molecule has 0 aromatic heterocycles. The Kier molecular flexibility index (Phi) is 10.5. The summed E-state index contributed by atoms with van der Waals surface area (Å²) < 4.78 is 12.9. The fourth-order valence-corrected chi connectivity index (χ4v) is 12.0. The van der Waals surface area contributed by atoms with Crippen molar-refractivity contribution < 1.29 is 28.7 Å². The van der Waals surface area contributed by atoms with Crippen LogP contribution in [0.2, 0.25) is 5.02 Å². The van der Waals surface area contributed by atoms with Crippen LogP contribution in [0.1, 0.15) is 90.8 Å². The highest BCUT2D eigenvalue weighted by atomic mass is 35.5. The lowest BCUT2D eigenvalue weighted by atomic mass is 9.49. The molecule has 0 radical (unpaired) electrons. The zero-order valence-corrected chi connectivity index (χ0v) is 36.4. The third-order valence-corrected chi connectivity index (χ3v) is 14.8. The number of rotatable bonds is 9. The number of piperazine rings is 1. The van der Waals surface area contributed by atoms with Gasteiger partial charge in [-0.15, -0.1) is 0 Å². The molecular formula is C47H54ClN7O6. The van der Waals surface area contributed by atoms with E-state index in [0.29, 0.717) is 27.9 Å². The quantitative estimate of drug-likeness (QED) is 0.269. The predicted molar refractivity (Wildman–Crippen MR) is 231 cm³/mol. The molecule has 14 heteroatoms. The van der Waals surface area contributed by atoms with Crippen molar-refractivity contribution in [1.29, 1.82) is 5.26 Å². The highest BCUT2D eigenvalue weighted by Crippen LogP contribution is 2.59. The number of carbonyl (C=O) groups is 4. The van der Waals surface area contributed by atoms with Crippen LogP contribution >= 0.6 is 11.6 Å². The first-order valence-electron chi connectivity index (χ1n) is 21.5. The SMILES string of the molecule is COC1(CN2CCN(c3ccc4c(c3)CN(C3C(C)(C)C(Oc5ccc(C#N)c(Cl)c5)C3(C)C)C4)CC2)CCN(c2ccc3c(c2)C(=O)N(C2CCC(=O)NC2=O)C3=O)CC1. The number of ether oxygens (including phenoxy) is 2. The molecule has 3 aromatic rings. The van der Waals surface area contributed by atoms with E-state index in [-0.39, 0.29) is 40.9 Å². The van der Waals surface area contributed by atoms with E-state index in [1.165, 1.54) is 16.8 Å². The van der Waals surface area contributed by atoms with E-state index in [4.69, 9.17) is 21.1 Å². The fraction of sp³-hybridized carbons (Fsp3) is 0.511. The van der Waals surface area contributed by atoms with Crippen molar-refractivity contribution >= 4 is 46.6 Å². The van der Waals surface area contributed by atoms with Crippen molar-refractivity contribution in [1.82, 2.24) is 20.0 Å². The van der Waals surface area contributed by atoms with Gasteiger partial charge in [0.05, 0.1) is 27.3 Å². The van der Waals surface area contributed by atoms with Crippen molar-refractivity contribution in [2.75, 3.05) is 62.7 Å². The van der Waals surface area contributed by atoms with Gasteiger partial charge in [0.25, 0.3) is 11.8 Å². The molecule has 1 atom stereocenters. The molecule has 5 aliphatic heterocycles. The molecule has 61 heavy (non-hydrogen) atoms. The largest absolute Gasteiger partial charge is 0.489 e. The average Bonchev–Trinajstić information content (AvgIpc) is 3.76. The van der Waals surface area contributed by atoms with Gasteiger partial charge in [-0.25, -0.2) is 0 Å². The van der Waals surface area contributed by atoms with Gasteiger partial charge in [0.15, 0.2) is 0 Å². The molecule has 4 amide bonds. The van der Waals surface area contributed by atoms with Gasteiger partial charge in [0.2, 0.25) is 11.8 Å². The summed E-state index contributed by atoms with van der Waals surface area (Å²) in [5.74, 6) is -1.29. The molecule has 3 saturated heterocycles. The molecule has 3 aromatic carbocycles. The number of nitriles is 1. The monoisotopic (exact) mass is 847 g/mol. The molecular weight excluding hydrogens is 794 g/mol. The second-order valence-corrected chi connectivity index (χ2v) is 19.4. The lowest BCUT2D eigenvalue weighted by Crippen LogP contribution is -2.74. The van der Waals surface area contributed by atoms with Crippen LogP contribution in [0.15, 0.2) is 54.6 Å². The van der Waals surface area contributed by atoms with Crippen LogP contribution in [0.5, 0.6) is 5.75 Å². The van der Waals surface area contributed by atoms with E-state index in [1.807, 2.05) is 19.2 Å². The Balaban J connectivity index is 0.779. The minimum absolute atomic E-state index is 0.0132. The van der Waals surface area contributed by atoms with Gasteiger partial charge < -0.3 is 19.3 Å². The number of fused-ring (bicyclic) bond motifs is 2. The molecule has 1 unspecified atom stereocenters. The summed E-state index contributed by atoms with van der Waals surface area (Å²) in [6.07, 6.45) is 1.85. The number of nitrogens with zero attached hydrogens (tertiary/aromatic N) is 6. The number of nitrogens with one attached hydrogen (secondary N) is 1. The van der Waals surface area contributed by atoms with Crippen molar-refractivity contribution in [2.45, 2.75) is 90.3 Å². The highest BCUT2D eigenvalue weighted by Gasteiger charge is 2.65. The van der Waals surface area contributed by atoms with Gasteiger partial charge in [-0.1, -0.05) is 45.4 Å². The van der Waals surface area contributed by atoms with Crippen molar-refractivity contribution in [3.63, 3.8) is 0 Å². The van der Waals surface area contributed by atoms with Crippen molar-refractivity contribution in [3.05, 3.63) is 87.4 Å². The first-order chi connectivity index (χ1) is 29.1. The Bertz CT molecular complexity index is 2330. The van der Waals surface area contributed by atoms with Crippen LogP contribution in [0.3, 0.4) is 0 Å². The van der Waals surface area contributed by atoms with E-state index in [1.54, 1.807) is 24.3 Å². The van der Waals surface area contributed by atoms with E-state index in [2.05, 4.69) is 76.9 Å². The fourth-order valence-electron chi connectivity index (χ4n) is 11.8. The summed E-state index contributed by atoms with van der Waals surface area (Å²) in [7, 11) is 1.81. The summed E-state index contributed by atoms with van der Waals surface area (Å²) in [4.78, 5) is 61.8. The minimum atomic E-state index is -0.981. The van der Waals surface area contributed by atoms with E-state index >= 15 is 0 Å². The van der Waals surface area contributed by atoms with E-state index in [9.17, 15) is 24.4 Å². The molecule has 5 heterocycles. The van der Waals surface area contributed by atoms with E-state index < -0.39 is 29.7 Å². The van der Waals surface area contributed by atoms with Gasteiger partial charge in [-0.2, -0.15) is 5.26 Å². The second-order valence-electron chi connectivity index (χ2n) is 19.0. The smallest absolute Gasteiger partial charge is 0.262 e. The Morgan fingerprint density at radius 1 is 0.803 bits per heavy atom. The number of hydrogen-bond donors (Lipinski definition) is 1. The number of hydrogen-bond acceptors (Lipinski definition) is 11. The molecule has 320 valence electrons. The summed E-state index contributed by atoms with van der Waals surface area (Å²) in [6, 6.07) is 19.1. The lowest BCUT2D eigenvalue weighted by Gasteiger charge is -2.65. The Labute approximate surface area is 362 Å². The number of anilines is 2. The second kappa shape index (κ2) is 15.4. The summed E-state index contributed by atoms with van der Waals surface area (Å²) >= 11 is 6.34. The lowest BCUT2D eigenvalue weighted by molar-refractivity contribution is -0.211. The first-order valence-corrected chi connectivity index (χ1v) is 21.9. The molecule has 1 aliphatic carbocycles. The minimum Gasteiger partial charge on any atom is -0.489 e. The van der Waals surface area contributed by atoms with E-state index in [0.717, 1.165) is 82.3 Å². The molecule has 4 fully saturated rings. The Morgan fingerprint density at radius 3 is 2.13 bits per heavy atom. The summed E-state index contributed by atoms with van der Waals surface area (Å²) in [5.41, 5.74) is 5.46. The highest BCUT2D eigenvalue weighted by molar-refractivity contribution is 6.31. The first kappa shape index (κ1) is 41.4. The Hall–Kier alpha value is -5.00. The van der Waals surface area contributed by atoms with Crippen LogP contribution in [0.4, 0.5) is 11.4 Å². The van der Waals surface area contributed by atoms with Crippen LogP contribution in [-0.2, 0) is 27.4 Å². The van der Waals surface area contributed by atoms with Gasteiger partial charge in [-0.3, -0.25) is 39.2 Å². The number of carbonyl (C=O) groups excluding carboxylic acids is 4. The van der Waals surface area contributed by atoms with Crippen LogP contribution in [0, 0.1) is 22.2 Å².